The molecule has 0 heterocycles. The molecule has 35 heavy (non-hydrogen) atoms. The minimum Gasteiger partial charge on any atom is -0.461 e. The third-order valence-corrected chi connectivity index (χ3v) is 4.06. The van der Waals surface area contributed by atoms with Crippen molar-refractivity contribution in [2.45, 2.75) is 6.92 Å². The Bertz CT molecular complexity index is 819. The number of rotatable bonds is 17. The van der Waals surface area contributed by atoms with Crippen molar-refractivity contribution >= 4 is 24.0 Å². The Balaban J connectivity index is 4.50. The molecule has 192 valence electrons. The van der Waals surface area contributed by atoms with Crippen molar-refractivity contribution in [3.63, 3.8) is 0 Å². The van der Waals surface area contributed by atoms with Crippen LogP contribution in [0, 0.1) is 0 Å². The van der Waals surface area contributed by atoms with Gasteiger partial charge in [-0.25, -0.2) is 19.2 Å². The molecule has 10 heteroatoms. The lowest BCUT2D eigenvalue weighted by molar-refractivity contribution is -0.139. The number of nitrogens with zero attached hydrogens (tertiary/aromatic N) is 2. The lowest BCUT2D eigenvalue weighted by atomic mass is 10.3. The number of carbonyl (C=O) groups is 4. The van der Waals surface area contributed by atoms with E-state index in [1.165, 1.54) is 9.80 Å². The first-order valence-corrected chi connectivity index (χ1v) is 11.0. The van der Waals surface area contributed by atoms with Crippen LogP contribution in [-0.2, 0) is 19.1 Å². The normalized spacial score (nSPS) is 10.3. The Morgan fingerprint density at radius 2 is 1.23 bits per heavy atom. The smallest absolute Gasteiger partial charge is 0.333 e. The molecule has 4 amide bonds. The second-order valence-electron chi connectivity index (χ2n) is 7.00. The van der Waals surface area contributed by atoms with E-state index in [4.69, 9.17) is 9.47 Å². The van der Waals surface area contributed by atoms with E-state index in [2.05, 4.69) is 36.9 Å². The molecule has 0 spiro atoms. The Morgan fingerprint density at radius 1 is 0.771 bits per heavy atom. The number of urea groups is 2. The van der Waals surface area contributed by atoms with Crippen LogP contribution in [0.5, 0.6) is 0 Å². The first-order chi connectivity index (χ1) is 16.8. The maximum Gasteiger partial charge on any atom is 0.333 e. The summed E-state index contributed by atoms with van der Waals surface area (Å²) in [7, 11) is 0. The number of ether oxygens (including phenoxy) is 2. The lowest BCUT2D eigenvalue weighted by Crippen LogP contribution is -2.41. The molecular formula is C25H36N4O6. The summed E-state index contributed by atoms with van der Waals surface area (Å²) in [4.78, 5) is 49.9. The van der Waals surface area contributed by atoms with Gasteiger partial charge in [-0.2, -0.15) is 0 Å². The zero-order chi connectivity index (χ0) is 26.5. The molecule has 0 unspecified atom stereocenters. The quantitative estimate of drug-likeness (QED) is 0.107. The molecule has 0 saturated heterocycles. The van der Waals surface area contributed by atoms with Crippen LogP contribution >= 0.6 is 0 Å². The Morgan fingerprint density at radius 3 is 1.63 bits per heavy atom. The topological polar surface area (TPSA) is 117 Å². The molecule has 2 N–H and O–H groups in total. The molecule has 0 fully saturated rings. The number of allylic oxidation sites excluding steroid dienone is 2. The van der Waals surface area contributed by atoms with Crippen LogP contribution in [0.15, 0.2) is 74.4 Å². The molecule has 0 aromatic rings. The van der Waals surface area contributed by atoms with Crippen molar-refractivity contribution in [2.75, 3.05) is 52.5 Å². The number of nitrogens with one attached hydrogen (secondary N) is 2. The summed E-state index contributed by atoms with van der Waals surface area (Å²) in [6.45, 7) is 17.4. The van der Waals surface area contributed by atoms with Crippen LogP contribution in [0.4, 0.5) is 9.59 Å². The Kier molecular flexibility index (Phi) is 17.1. The fourth-order valence-corrected chi connectivity index (χ4v) is 2.34. The zero-order valence-electron chi connectivity index (χ0n) is 20.4. The second kappa shape index (κ2) is 19.4. The molecule has 0 rings (SSSR count). The predicted octanol–water partition coefficient (Wildman–Crippen LogP) is 2.34. The molecule has 0 aliphatic carbocycles. The average Bonchev–Trinajstić information content (AvgIpc) is 2.84. The highest BCUT2D eigenvalue weighted by atomic mass is 16.5. The molecule has 0 aliphatic rings. The van der Waals surface area contributed by atoms with Gasteiger partial charge in [0.25, 0.3) is 0 Å². The van der Waals surface area contributed by atoms with Crippen molar-refractivity contribution in [3.8, 4) is 0 Å². The van der Waals surface area contributed by atoms with Gasteiger partial charge in [0.1, 0.15) is 13.2 Å². The van der Waals surface area contributed by atoms with E-state index in [1.54, 1.807) is 43.4 Å². The van der Waals surface area contributed by atoms with E-state index in [9.17, 15) is 19.2 Å². The minimum absolute atomic E-state index is 0.0472. The monoisotopic (exact) mass is 488 g/mol. The molecule has 10 nitrogen and oxygen atoms in total. The zero-order valence-corrected chi connectivity index (χ0v) is 20.4. The van der Waals surface area contributed by atoms with Crippen molar-refractivity contribution in [3.05, 3.63) is 74.4 Å². The van der Waals surface area contributed by atoms with Crippen molar-refractivity contribution < 1.29 is 28.7 Å². The summed E-state index contributed by atoms with van der Waals surface area (Å²) in [6, 6.07) is -0.645. The number of hydrogen-bond acceptors (Lipinski definition) is 6. The van der Waals surface area contributed by atoms with Crippen LogP contribution in [0.3, 0.4) is 0 Å². The summed E-state index contributed by atoms with van der Waals surface area (Å²) >= 11 is 0. The summed E-state index contributed by atoms with van der Waals surface area (Å²) in [5.74, 6) is -1.06. The highest BCUT2D eigenvalue weighted by molar-refractivity contribution is 5.87. The maximum absolute atomic E-state index is 12.3. The third-order valence-electron chi connectivity index (χ3n) is 4.06. The van der Waals surface area contributed by atoms with Gasteiger partial charge in [0, 0.05) is 37.8 Å². The second-order valence-corrected chi connectivity index (χ2v) is 7.00. The van der Waals surface area contributed by atoms with Gasteiger partial charge in [-0.15, -0.1) is 13.2 Å². The Labute approximate surface area is 207 Å². The molecule has 0 aromatic heterocycles. The number of hydrogen-bond donors (Lipinski definition) is 2. The van der Waals surface area contributed by atoms with E-state index in [1.807, 2.05) is 0 Å². The summed E-state index contributed by atoms with van der Waals surface area (Å²) in [5, 5.41) is 5.33. The van der Waals surface area contributed by atoms with Gasteiger partial charge >= 0.3 is 24.0 Å². The van der Waals surface area contributed by atoms with Crippen LogP contribution in [0.1, 0.15) is 6.92 Å². The number of esters is 2. The van der Waals surface area contributed by atoms with E-state index in [0.29, 0.717) is 31.8 Å². The van der Waals surface area contributed by atoms with Crippen molar-refractivity contribution in [1.29, 1.82) is 0 Å². The number of amides is 4. The van der Waals surface area contributed by atoms with Crippen LogP contribution in [0.2, 0.25) is 0 Å². The molecule has 0 radical (unpaired) electrons. The van der Waals surface area contributed by atoms with Gasteiger partial charge < -0.3 is 29.9 Å². The lowest BCUT2D eigenvalue weighted by Gasteiger charge is -2.20. The van der Waals surface area contributed by atoms with Crippen LogP contribution in [-0.4, -0.2) is 86.3 Å². The van der Waals surface area contributed by atoms with Crippen molar-refractivity contribution in [2.24, 2.45) is 0 Å². The van der Waals surface area contributed by atoms with Gasteiger partial charge in [0.15, 0.2) is 0 Å². The van der Waals surface area contributed by atoms with E-state index in [0.717, 1.165) is 6.08 Å². The first kappa shape index (κ1) is 30.9. The largest absolute Gasteiger partial charge is 0.461 e. The third kappa shape index (κ3) is 15.4. The van der Waals surface area contributed by atoms with Gasteiger partial charge in [-0.3, -0.25) is 0 Å². The SMILES string of the molecule is C=CCN(C/C=C\C=C/CN(CC=C)C(=O)NCCOC(=O)C(=C)C)C(=O)NCCOC(=O)C=C. The molecule has 0 aromatic carbocycles. The van der Waals surface area contributed by atoms with E-state index >= 15 is 0 Å². The predicted molar refractivity (Wildman–Crippen MR) is 136 cm³/mol. The molecule has 0 atom stereocenters. The van der Waals surface area contributed by atoms with Gasteiger partial charge in [-0.1, -0.05) is 49.6 Å². The summed E-state index contributed by atoms with van der Waals surface area (Å²) in [6.07, 6.45) is 11.4. The first-order valence-electron chi connectivity index (χ1n) is 11.0. The number of carbonyl (C=O) groups excluding carboxylic acids is 4. The highest BCUT2D eigenvalue weighted by Crippen LogP contribution is 1.95. The summed E-state index contributed by atoms with van der Waals surface area (Å²) < 4.78 is 9.75. The average molecular weight is 489 g/mol. The summed E-state index contributed by atoms with van der Waals surface area (Å²) in [5.41, 5.74) is 0.294. The molecule has 0 aliphatic heterocycles. The van der Waals surface area contributed by atoms with Gasteiger partial charge in [-0.05, 0) is 6.92 Å². The maximum atomic E-state index is 12.3. The minimum atomic E-state index is -0.551. The fourth-order valence-electron chi connectivity index (χ4n) is 2.34. The van der Waals surface area contributed by atoms with Gasteiger partial charge in [0.05, 0.1) is 13.1 Å². The van der Waals surface area contributed by atoms with Crippen LogP contribution in [0.25, 0.3) is 0 Å². The van der Waals surface area contributed by atoms with Gasteiger partial charge in [0.2, 0.25) is 0 Å². The Hall–Kier alpha value is -4.08. The highest BCUT2D eigenvalue weighted by Gasteiger charge is 2.11. The molecule has 0 bridgehead atoms. The van der Waals surface area contributed by atoms with Crippen LogP contribution < -0.4 is 10.6 Å². The van der Waals surface area contributed by atoms with E-state index < -0.39 is 11.9 Å². The fraction of sp³-hybridized carbons (Fsp3) is 0.360. The molecular weight excluding hydrogens is 452 g/mol. The van der Waals surface area contributed by atoms with Crippen molar-refractivity contribution in [1.82, 2.24) is 20.4 Å². The van der Waals surface area contributed by atoms with E-state index in [-0.39, 0.29) is 38.4 Å². The molecule has 0 saturated carbocycles. The standard InChI is InChI=1S/C25H36N4O6/c1-6-15-28(24(32)26-13-19-34-22(30)8-3)17-11-9-10-12-18-29(16-7-2)25(33)27-14-20-35-23(31)21(4)5/h6-12H,1-4,13-20H2,5H3,(H,26,32)(H,27,33)/b11-9-,12-10-.